The van der Waals surface area contributed by atoms with E-state index in [9.17, 15) is 9.90 Å². The summed E-state index contributed by atoms with van der Waals surface area (Å²) in [5.41, 5.74) is 0.903. The zero-order valence-corrected chi connectivity index (χ0v) is 17.0. The molecule has 0 aliphatic heterocycles. The molecule has 3 heteroatoms. The lowest BCUT2D eigenvalue weighted by molar-refractivity contribution is -0.142. The van der Waals surface area contributed by atoms with Crippen molar-refractivity contribution >= 4 is 5.97 Å². The summed E-state index contributed by atoms with van der Waals surface area (Å²) >= 11 is 0. The van der Waals surface area contributed by atoms with Crippen LogP contribution in [0.15, 0.2) is 0 Å². The van der Waals surface area contributed by atoms with Crippen LogP contribution in [0.4, 0.5) is 0 Å². The molecule has 4 saturated carbocycles. The van der Waals surface area contributed by atoms with Crippen LogP contribution in [0.2, 0.25) is 0 Å². The summed E-state index contributed by atoms with van der Waals surface area (Å²) in [5, 5.41) is 10.2. The summed E-state index contributed by atoms with van der Waals surface area (Å²) < 4.78 is 4.89. The van der Waals surface area contributed by atoms with E-state index in [2.05, 4.69) is 13.8 Å². The third-order valence-electron chi connectivity index (χ3n) is 9.76. The van der Waals surface area contributed by atoms with Gasteiger partial charge in [-0.3, -0.25) is 4.79 Å². The maximum absolute atomic E-state index is 11.6. The van der Waals surface area contributed by atoms with Gasteiger partial charge in [-0.1, -0.05) is 13.8 Å². The molecule has 0 amide bonds. The van der Waals surface area contributed by atoms with Gasteiger partial charge >= 0.3 is 5.97 Å². The number of methoxy groups -OCH3 is 1. The van der Waals surface area contributed by atoms with Gasteiger partial charge in [0, 0.05) is 6.42 Å². The van der Waals surface area contributed by atoms with Gasteiger partial charge < -0.3 is 9.84 Å². The van der Waals surface area contributed by atoms with Gasteiger partial charge in [0.05, 0.1) is 13.2 Å². The average Bonchev–Trinajstić information content (AvgIpc) is 2.96. The molecule has 4 fully saturated rings. The fourth-order valence-electron chi connectivity index (χ4n) is 8.21. The van der Waals surface area contributed by atoms with E-state index < -0.39 is 0 Å². The summed E-state index contributed by atoms with van der Waals surface area (Å²) in [4.78, 5) is 11.6. The van der Waals surface area contributed by atoms with Crippen molar-refractivity contribution in [3.63, 3.8) is 0 Å². The monoisotopic (exact) mass is 362 g/mol. The SMILES string of the molecule is COC(=O)CC[C@H]1CC[C@H]2[C@@H]3CC[C@H]4C[C@@H](O)CC[C@]4(C)[C@H]3CC[C@]12C. The quantitative estimate of drug-likeness (QED) is 0.722. The fraction of sp³-hybridized carbons (Fsp3) is 0.957. The zero-order chi connectivity index (χ0) is 18.5. The topological polar surface area (TPSA) is 46.5 Å². The number of esters is 1. The largest absolute Gasteiger partial charge is 0.469 e. The van der Waals surface area contributed by atoms with Crippen LogP contribution in [0.3, 0.4) is 0 Å². The van der Waals surface area contributed by atoms with E-state index in [0.717, 1.165) is 42.9 Å². The predicted molar refractivity (Wildman–Crippen MR) is 102 cm³/mol. The Kier molecular flexibility index (Phi) is 4.91. The van der Waals surface area contributed by atoms with E-state index in [1.54, 1.807) is 0 Å². The van der Waals surface area contributed by atoms with Crippen molar-refractivity contribution in [1.29, 1.82) is 0 Å². The van der Waals surface area contributed by atoms with Gasteiger partial charge in [-0.25, -0.2) is 0 Å². The lowest BCUT2D eigenvalue weighted by Crippen LogP contribution is -2.53. The highest BCUT2D eigenvalue weighted by molar-refractivity contribution is 5.69. The van der Waals surface area contributed by atoms with Crippen LogP contribution in [0, 0.1) is 40.4 Å². The number of ether oxygens (including phenoxy) is 1. The molecule has 4 rings (SSSR count). The maximum Gasteiger partial charge on any atom is 0.305 e. The fourth-order valence-corrected chi connectivity index (χ4v) is 8.21. The van der Waals surface area contributed by atoms with Crippen molar-refractivity contribution in [2.45, 2.75) is 90.6 Å². The Morgan fingerprint density at radius 1 is 1.00 bits per heavy atom. The van der Waals surface area contributed by atoms with E-state index in [1.807, 2.05) is 0 Å². The van der Waals surface area contributed by atoms with Gasteiger partial charge in [0.15, 0.2) is 0 Å². The number of carbonyl (C=O) groups is 1. The van der Waals surface area contributed by atoms with Crippen molar-refractivity contribution in [3.05, 3.63) is 0 Å². The molecule has 0 aromatic carbocycles. The molecule has 0 aromatic heterocycles. The molecule has 0 bridgehead atoms. The Hall–Kier alpha value is -0.570. The molecule has 4 aliphatic carbocycles. The highest BCUT2D eigenvalue weighted by atomic mass is 16.5. The van der Waals surface area contributed by atoms with E-state index in [0.29, 0.717) is 23.2 Å². The average molecular weight is 363 g/mol. The first kappa shape index (κ1) is 18.8. The first-order valence-electron chi connectivity index (χ1n) is 11.1. The van der Waals surface area contributed by atoms with Crippen LogP contribution in [0.25, 0.3) is 0 Å². The summed E-state index contributed by atoms with van der Waals surface area (Å²) in [6, 6.07) is 0. The molecule has 1 N–H and O–H groups in total. The molecule has 0 spiro atoms. The molecule has 8 atom stereocenters. The molecule has 0 radical (unpaired) electrons. The number of hydrogen-bond acceptors (Lipinski definition) is 3. The number of hydrogen-bond donors (Lipinski definition) is 1. The summed E-state index contributed by atoms with van der Waals surface area (Å²) in [5.74, 6) is 4.01. The van der Waals surface area contributed by atoms with Crippen molar-refractivity contribution in [2.75, 3.05) is 7.11 Å². The minimum Gasteiger partial charge on any atom is -0.469 e. The van der Waals surface area contributed by atoms with Crippen LogP contribution in [0.5, 0.6) is 0 Å². The second-order valence-corrected chi connectivity index (χ2v) is 10.5. The molecule has 148 valence electrons. The van der Waals surface area contributed by atoms with Crippen molar-refractivity contribution in [2.24, 2.45) is 40.4 Å². The van der Waals surface area contributed by atoms with E-state index in [1.165, 1.54) is 52.1 Å². The number of aliphatic hydroxyl groups excluding tert-OH is 1. The summed E-state index contributed by atoms with van der Waals surface area (Å²) in [6.07, 6.45) is 12.9. The molecular weight excluding hydrogens is 324 g/mol. The Bertz CT molecular complexity index is 546. The van der Waals surface area contributed by atoms with Crippen molar-refractivity contribution < 1.29 is 14.6 Å². The molecule has 0 unspecified atom stereocenters. The Balaban J connectivity index is 1.50. The lowest BCUT2D eigenvalue weighted by atomic mass is 9.44. The van der Waals surface area contributed by atoms with E-state index in [-0.39, 0.29) is 12.1 Å². The van der Waals surface area contributed by atoms with Crippen molar-refractivity contribution in [3.8, 4) is 0 Å². The first-order valence-corrected chi connectivity index (χ1v) is 11.1. The van der Waals surface area contributed by atoms with Gasteiger partial charge in [-0.05, 0) is 105 Å². The molecule has 3 nitrogen and oxygen atoms in total. The summed E-state index contributed by atoms with van der Waals surface area (Å²) in [6.45, 7) is 5.11. The molecule has 26 heavy (non-hydrogen) atoms. The highest BCUT2D eigenvalue weighted by Crippen LogP contribution is 2.67. The molecule has 4 aliphatic rings. The van der Waals surface area contributed by atoms with E-state index in [4.69, 9.17) is 4.74 Å². The van der Waals surface area contributed by atoms with Crippen LogP contribution < -0.4 is 0 Å². The highest BCUT2D eigenvalue weighted by Gasteiger charge is 2.59. The first-order chi connectivity index (χ1) is 12.4. The number of fused-ring (bicyclic) bond motifs is 5. The van der Waals surface area contributed by atoms with E-state index >= 15 is 0 Å². The van der Waals surface area contributed by atoms with Gasteiger partial charge in [0.25, 0.3) is 0 Å². The number of aliphatic hydroxyl groups is 1. The van der Waals surface area contributed by atoms with Crippen LogP contribution in [-0.4, -0.2) is 24.3 Å². The van der Waals surface area contributed by atoms with Gasteiger partial charge in [-0.15, -0.1) is 0 Å². The van der Waals surface area contributed by atoms with Gasteiger partial charge in [-0.2, -0.15) is 0 Å². The van der Waals surface area contributed by atoms with Crippen LogP contribution in [-0.2, 0) is 9.53 Å². The standard InChI is InChI=1S/C23H38O3/c1-22-13-11-20-18(7-4-16-14-17(24)10-12-23(16,20)2)19(22)8-5-15(22)6-9-21(25)26-3/h15-20,24H,4-14H2,1-3H3/t15-,16+,17+,18+,19+,20+,22-,23+/m1/s1. The Morgan fingerprint density at radius 3 is 2.50 bits per heavy atom. The third-order valence-corrected chi connectivity index (χ3v) is 9.76. The number of carbonyl (C=O) groups excluding carboxylic acids is 1. The maximum atomic E-state index is 11.6. The second-order valence-electron chi connectivity index (χ2n) is 10.5. The second kappa shape index (κ2) is 6.79. The Labute approximate surface area is 159 Å². The van der Waals surface area contributed by atoms with Crippen LogP contribution >= 0.6 is 0 Å². The van der Waals surface area contributed by atoms with Gasteiger partial charge in [0.1, 0.15) is 0 Å². The van der Waals surface area contributed by atoms with Crippen LogP contribution in [0.1, 0.15) is 84.5 Å². The van der Waals surface area contributed by atoms with Gasteiger partial charge in [0.2, 0.25) is 0 Å². The molecule has 0 heterocycles. The molecular formula is C23H38O3. The minimum absolute atomic E-state index is 0.0421. The molecule has 0 aromatic rings. The minimum atomic E-state index is -0.0485. The van der Waals surface area contributed by atoms with Crippen molar-refractivity contribution in [1.82, 2.24) is 0 Å². The third kappa shape index (κ3) is 2.84. The predicted octanol–water partition coefficient (Wildman–Crippen LogP) is 4.96. The number of rotatable bonds is 3. The molecule has 0 saturated heterocycles. The zero-order valence-electron chi connectivity index (χ0n) is 17.0. The summed E-state index contributed by atoms with van der Waals surface area (Å²) in [7, 11) is 1.51. The lowest BCUT2D eigenvalue weighted by Gasteiger charge is -2.61. The smallest absolute Gasteiger partial charge is 0.305 e. The normalized spacial score (nSPS) is 50.5. The Morgan fingerprint density at radius 2 is 1.73 bits per heavy atom.